The van der Waals surface area contributed by atoms with Gasteiger partial charge in [0.05, 0.1) is 23.6 Å². The fourth-order valence-electron chi connectivity index (χ4n) is 1.38. The summed E-state index contributed by atoms with van der Waals surface area (Å²) in [5, 5.41) is 1.79. The summed E-state index contributed by atoms with van der Waals surface area (Å²) in [6.07, 6.45) is -0.00132. The second-order valence-electron chi connectivity index (χ2n) is 4.02. The van der Waals surface area contributed by atoms with Crippen molar-refractivity contribution in [2.24, 2.45) is 0 Å². The molecule has 0 unspecified atom stereocenters. The number of esters is 1. The zero-order valence-corrected chi connectivity index (χ0v) is 14.3. The van der Waals surface area contributed by atoms with Crippen LogP contribution in [0.15, 0.2) is 15.7 Å². The van der Waals surface area contributed by atoms with Crippen molar-refractivity contribution in [2.45, 2.75) is 17.6 Å². The largest absolute Gasteiger partial charge is 0.469 e. The molecule has 2 rings (SSSR count). The van der Waals surface area contributed by atoms with Crippen molar-refractivity contribution in [3.63, 3.8) is 0 Å². The molecule has 21 heavy (non-hydrogen) atoms. The zero-order chi connectivity index (χ0) is 15.6. The number of methoxy groups -OCH3 is 1. The van der Waals surface area contributed by atoms with Gasteiger partial charge in [-0.25, -0.2) is 13.4 Å². The molecule has 0 atom stereocenters. The first kappa shape index (κ1) is 16.2. The molecule has 0 aromatic carbocycles. The molecule has 0 amide bonds. The lowest BCUT2D eigenvalue weighted by molar-refractivity contribution is -0.139. The molecule has 0 aliphatic rings. The minimum absolute atomic E-state index is 0.00132. The van der Waals surface area contributed by atoms with Crippen LogP contribution in [-0.4, -0.2) is 26.5 Å². The van der Waals surface area contributed by atoms with Crippen LogP contribution in [0.5, 0.6) is 0 Å². The van der Waals surface area contributed by atoms with Crippen LogP contribution in [0, 0.1) is 6.92 Å². The van der Waals surface area contributed by atoms with E-state index in [1.807, 2.05) is 0 Å². The third kappa shape index (κ3) is 3.94. The number of hydrogen-bond donors (Lipinski definition) is 1. The van der Waals surface area contributed by atoms with Crippen LogP contribution in [0.25, 0.3) is 0 Å². The maximum Gasteiger partial charge on any atom is 0.311 e. The van der Waals surface area contributed by atoms with Gasteiger partial charge in [-0.1, -0.05) is 11.6 Å². The smallest absolute Gasteiger partial charge is 0.311 e. The summed E-state index contributed by atoms with van der Waals surface area (Å²) < 4.78 is 31.8. The van der Waals surface area contributed by atoms with Crippen LogP contribution < -0.4 is 4.72 Å². The number of aromatic nitrogens is 1. The van der Waals surface area contributed by atoms with Gasteiger partial charge in [-0.2, -0.15) is 0 Å². The molecule has 6 nitrogen and oxygen atoms in total. The zero-order valence-electron chi connectivity index (χ0n) is 11.0. The number of rotatable bonds is 5. The maximum absolute atomic E-state index is 12.2. The number of hydrogen-bond acceptors (Lipinski definition) is 7. The monoisotopic (exact) mass is 366 g/mol. The number of ether oxygens (including phenoxy) is 1. The Morgan fingerprint density at radius 1 is 1.52 bits per heavy atom. The Bertz CT molecular complexity index is 747. The lowest BCUT2D eigenvalue weighted by Gasteiger charge is -2.01. The van der Waals surface area contributed by atoms with Crippen molar-refractivity contribution in [2.75, 3.05) is 11.8 Å². The third-order valence-corrected chi connectivity index (χ3v) is 6.73. The van der Waals surface area contributed by atoms with Crippen LogP contribution >= 0.6 is 34.3 Å². The number of thiophene rings is 1. The van der Waals surface area contributed by atoms with Crippen LogP contribution in [0.2, 0.25) is 4.34 Å². The Balaban J connectivity index is 2.15. The number of carbonyl (C=O) groups is 1. The molecule has 0 saturated heterocycles. The molecule has 0 radical (unpaired) electrons. The minimum Gasteiger partial charge on any atom is -0.469 e. The van der Waals surface area contributed by atoms with Crippen LogP contribution in [-0.2, 0) is 26.0 Å². The molecular weight excluding hydrogens is 356 g/mol. The van der Waals surface area contributed by atoms with Gasteiger partial charge in [-0.15, -0.1) is 22.7 Å². The molecule has 2 aromatic heterocycles. The van der Waals surface area contributed by atoms with Crippen molar-refractivity contribution < 1.29 is 17.9 Å². The average molecular weight is 367 g/mol. The van der Waals surface area contributed by atoms with Gasteiger partial charge in [-0.05, 0) is 18.6 Å². The van der Waals surface area contributed by atoms with Crippen molar-refractivity contribution in [1.82, 2.24) is 4.98 Å². The Morgan fingerprint density at radius 3 is 2.81 bits per heavy atom. The third-order valence-electron chi connectivity index (χ3n) is 2.43. The molecule has 0 fully saturated rings. The highest BCUT2D eigenvalue weighted by molar-refractivity contribution is 7.94. The van der Waals surface area contributed by atoms with E-state index < -0.39 is 16.0 Å². The Labute approximate surface area is 134 Å². The second kappa shape index (κ2) is 6.30. The van der Waals surface area contributed by atoms with E-state index >= 15 is 0 Å². The predicted molar refractivity (Wildman–Crippen MR) is 82.7 cm³/mol. The molecule has 0 aliphatic carbocycles. The summed E-state index contributed by atoms with van der Waals surface area (Å²) in [6, 6.07) is 1.50. The van der Waals surface area contributed by atoms with E-state index in [1.165, 1.54) is 13.2 Å². The highest BCUT2D eigenvalue weighted by Gasteiger charge is 2.20. The molecular formula is C11H11ClN2O4S3. The van der Waals surface area contributed by atoms with Gasteiger partial charge in [0.1, 0.15) is 4.21 Å². The lowest BCUT2D eigenvalue weighted by atomic mass is 10.3. The summed E-state index contributed by atoms with van der Waals surface area (Å²) in [5.74, 6) is -0.435. The van der Waals surface area contributed by atoms with E-state index in [2.05, 4.69) is 14.4 Å². The number of carbonyl (C=O) groups excluding carboxylic acids is 1. The van der Waals surface area contributed by atoms with E-state index in [9.17, 15) is 13.2 Å². The van der Waals surface area contributed by atoms with E-state index in [0.717, 1.165) is 22.7 Å². The van der Waals surface area contributed by atoms with Crippen molar-refractivity contribution in [3.8, 4) is 0 Å². The van der Waals surface area contributed by atoms with Crippen molar-refractivity contribution in [3.05, 3.63) is 27.0 Å². The summed E-state index contributed by atoms with van der Waals surface area (Å²) in [4.78, 5) is 15.2. The van der Waals surface area contributed by atoms with E-state index in [-0.39, 0.29) is 15.8 Å². The van der Waals surface area contributed by atoms with Gasteiger partial charge >= 0.3 is 5.97 Å². The molecule has 2 heterocycles. The lowest BCUT2D eigenvalue weighted by Crippen LogP contribution is -2.11. The highest BCUT2D eigenvalue weighted by atomic mass is 35.5. The molecule has 0 saturated carbocycles. The van der Waals surface area contributed by atoms with E-state index in [4.69, 9.17) is 11.6 Å². The van der Waals surface area contributed by atoms with Gasteiger partial charge in [0.15, 0.2) is 5.13 Å². The molecule has 114 valence electrons. The Morgan fingerprint density at radius 2 is 2.24 bits per heavy atom. The van der Waals surface area contributed by atoms with Gasteiger partial charge < -0.3 is 4.74 Å². The number of nitrogens with one attached hydrogen (secondary N) is 1. The first-order valence-corrected chi connectivity index (χ1v) is 9.17. The summed E-state index contributed by atoms with van der Waals surface area (Å²) >= 11 is 7.95. The summed E-state index contributed by atoms with van der Waals surface area (Å²) in [7, 11) is -2.44. The number of halogens is 1. The van der Waals surface area contributed by atoms with Gasteiger partial charge in [-0.3, -0.25) is 9.52 Å². The van der Waals surface area contributed by atoms with E-state index in [0.29, 0.717) is 15.6 Å². The van der Waals surface area contributed by atoms with Gasteiger partial charge in [0, 0.05) is 5.38 Å². The van der Waals surface area contributed by atoms with Gasteiger partial charge in [0.2, 0.25) is 0 Å². The normalized spacial score (nSPS) is 11.4. The van der Waals surface area contributed by atoms with Crippen LogP contribution in [0.4, 0.5) is 5.13 Å². The van der Waals surface area contributed by atoms with E-state index in [1.54, 1.807) is 12.3 Å². The minimum atomic E-state index is -3.72. The topological polar surface area (TPSA) is 85.4 Å². The molecule has 2 aromatic rings. The quantitative estimate of drug-likeness (QED) is 0.822. The van der Waals surface area contributed by atoms with Crippen LogP contribution in [0.1, 0.15) is 11.3 Å². The fraction of sp³-hybridized carbons (Fsp3) is 0.273. The highest BCUT2D eigenvalue weighted by Crippen LogP contribution is 2.31. The molecule has 0 spiro atoms. The summed E-state index contributed by atoms with van der Waals surface area (Å²) in [6.45, 7) is 1.73. The Hall–Kier alpha value is -1.16. The van der Waals surface area contributed by atoms with Gasteiger partial charge in [0.25, 0.3) is 10.0 Å². The molecule has 0 aliphatic heterocycles. The maximum atomic E-state index is 12.2. The first-order chi connectivity index (χ1) is 9.81. The van der Waals surface area contributed by atoms with Crippen LogP contribution in [0.3, 0.4) is 0 Å². The summed E-state index contributed by atoms with van der Waals surface area (Å²) in [5.41, 5.74) is 1.15. The van der Waals surface area contributed by atoms with Crippen molar-refractivity contribution >= 4 is 55.4 Å². The number of aryl methyl sites for hydroxylation is 1. The first-order valence-electron chi connectivity index (χ1n) is 5.62. The SMILES string of the molecule is COC(=O)Cc1csc(NS(=O)(=O)c2cc(C)c(Cl)s2)n1. The number of anilines is 1. The number of sulfonamides is 1. The standard InChI is InChI=1S/C11H11ClN2O4S3/c1-6-3-9(20-10(6)12)21(16,17)14-11-13-7(5-19-11)4-8(15)18-2/h3,5H,4H2,1-2H3,(H,13,14). The average Bonchev–Trinajstić information content (AvgIpc) is 2.97. The molecule has 10 heteroatoms. The van der Waals surface area contributed by atoms with Crippen molar-refractivity contribution in [1.29, 1.82) is 0 Å². The number of thiazole rings is 1. The predicted octanol–water partition coefficient (Wildman–Crippen LogP) is 2.68. The molecule has 0 bridgehead atoms. The Kier molecular flexibility index (Phi) is 4.87. The molecule has 1 N–H and O–H groups in total. The second-order valence-corrected chi connectivity index (χ2v) is 8.45. The fourth-order valence-corrected chi connectivity index (χ4v) is 5.06. The number of nitrogens with zero attached hydrogens (tertiary/aromatic N) is 1.